The molecule has 1 N–H and O–H groups in total. The number of nitrogens with one attached hydrogen (secondary N) is 1. The summed E-state index contributed by atoms with van der Waals surface area (Å²) < 4.78 is 31.9. The molecule has 2 saturated heterocycles. The number of aryl methyl sites for hydroxylation is 1. The molecule has 2 aliphatic heterocycles. The lowest BCUT2D eigenvalue weighted by Gasteiger charge is -2.36. The number of pyridine rings is 1. The first kappa shape index (κ1) is 25.0. The minimum Gasteiger partial charge on any atom is -0.326 e. The molecule has 2 atom stereocenters. The van der Waals surface area contributed by atoms with Gasteiger partial charge in [-0.3, -0.25) is 9.88 Å². The Morgan fingerprint density at radius 2 is 1.84 bits per heavy atom. The number of benzene rings is 1. The van der Waals surface area contributed by atoms with Gasteiger partial charge in [-0.1, -0.05) is 0 Å². The van der Waals surface area contributed by atoms with Gasteiger partial charge >= 0.3 is 0 Å². The summed E-state index contributed by atoms with van der Waals surface area (Å²) in [7, 11) is 0. The minimum absolute atomic E-state index is 0.0961. The lowest BCUT2D eigenvalue weighted by Crippen LogP contribution is -2.44. The largest absolute Gasteiger partial charge is 0.326 e. The molecule has 0 spiro atoms. The Labute approximate surface area is 221 Å². The van der Waals surface area contributed by atoms with E-state index in [0.29, 0.717) is 46.1 Å². The molecule has 0 bridgehead atoms. The molecule has 0 saturated carbocycles. The van der Waals surface area contributed by atoms with E-state index in [1.807, 2.05) is 37.7 Å². The van der Waals surface area contributed by atoms with Crippen molar-refractivity contribution in [2.24, 2.45) is 5.92 Å². The summed E-state index contributed by atoms with van der Waals surface area (Å²) in [5, 5.41) is 3.53. The van der Waals surface area contributed by atoms with E-state index in [4.69, 9.17) is 0 Å². The van der Waals surface area contributed by atoms with Crippen LogP contribution in [0.1, 0.15) is 55.6 Å². The summed E-state index contributed by atoms with van der Waals surface area (Å²) in [5.41, 5.74) is 3.42. The Morgan fingerprint density at radius 1 is 1.03 bits per heavy atom. The third-order valence-electron chi connectivity index (χ3n) is 7.94. The van der Waals surface area contributed by atoms with Gasteiger partial charge in [-0.25, -0.2) is 23.7 Å². The van der Waals surface area contributed by atoms with E-state index in [1.165, 1.54) is 25.1 Å². The first-order chi connectivity index (χ1) is 18.4. The standard InChI is InChI=1S/C29H33F2N7/c1-17(2)38-18(3)36-29-24(30)7-21(8-26(29)38)23-9-22(33-14-25(23)31)10-28-34-11-19(12-35-28)16-37-6-4-5-20-13-32-15-27(20)37/h7-9,11-12,14,17,20,27,32H,4-6,10,13,15-16H2,1-3H3/t20-,27+/m0/s1. The van der Waals surface area contributed by atoms with E-state index >= 15 is 4.39 Å². The molecular formula is C29H33F2N7. The fourth-order valence-corrected chi connectivity index (χ4v) is 6.19. The van der Waals surface area contributed by atoms with Gasteiger partial charge in [-0.05, 0) is 76.4 Å². The summed E-state index contributed by atoms with van der Waals surface area (Å²) in [6, 6.07) is 5.50. The number of nitrogens with zero attached hydrogens (tertiary/aromatic N) is 6. The van der Waals surface area contributed by atoms with Crippen molar-refractivity contribution in [3.05, 3.63) is 71.3 Å². The number of halogens is 2. The average molecular weight is 518 g/mol. The highest BCUT2D eigenvalue weighted by atomic mass is 19.1. The van der Waals surface area contributed by atoms with Crippen LogP contribution in [0.2, 0.25) is 0 Å². The van der Waals surface area contributed by atoms with Crippen LogP contribution < -0.4 is 5.32 Å². The van der Waals surface area contributed by atoms with Crippen molar-refractivity contribution in [1.29, 1.82) is 0 Å². The number of hydrogen-bond donors (Lipinski definition) is 1. The van der Waals surface area contributed by atoms with Crippen molar-refractivity contribution in [2.45, 2.75) is 58.7 Å². The van der Waals surface area contributed by atoms with Crippen LogP contribution in [0.15, 0.2) is 36.8 Å². The van der Waals surface area contributed by atoms with Crippen LogP contribution in [0.25, 0.3) is 22.2 Å². The van der Waals surface area contributed by atoms with Crippen molar-refractivity contribution < 1.29 is 8.78 Å². The van der Waals surface area contributed by atoms with Gasteiger partial charge in [0.05, 0.1) is 18.1 Å². The summed E-state index contributed by atoms with van der Waals surface area (Å²) in [6.07, 6.45) is 7.86. The Bertz CT molecular complexity index is 1460. The van der Waals surface area contributed by atoms with Crippen LogP contribution in [-0.4, -0.2) is 55.1 Å². The number of hydrogen-bond acceptors (Lipinski definition) is 6. The zero-order chi connectivity index (χ0) is 26.4. The SMILES string of the molecule is Cc1nc2c(F)cc(-c3cc(Cc4ncc(CN5CCC[C@H]6CNC[C@H]65)cn4)ncc3F)cc2n1C(C)C. The van der Waals surface area contributed by atoms with Gasteiger partial charge in [0, 0.05) is 54.4 Å². The highest BCUT2D eigenvalue weighted by molar-refractivity contribution is 5.83. The highest BCUT2D eigenvalue weighted by Crippen LogP contribution is 2.31. The van der Waals surface area contributed by atoms with Crippen LogP contribution >= 0.6 is 0 Å². The quantitative estimate of drug-likeness (QED) is 0.395. The maximum atomic E-state index is 15.0. The smallest absolute Gasteiger partial charge is 0.151 e. The first-order valence-electron chi connectivity index (χ1n) is 13.4. The van der Waals surface area contributed by atoms with Gasteiger partial charge in [-0.15, -0.1) is 0 Å². The van der Waals surface area contributed by atoms with Crippen LogP contribution in [-0.2, 0) is 13.0 Å². The van der Waals surface area contributed by atoms with E-state index in [9.17, 15) is 4.39 Å². The predicted molar refractivity (Wildman–Crippen MR) is 143 cm³/mol. The van der Waals surface area contributed by atoms with Gasteiger partial charge in [0.2, 0.25) is 0 Å². The number of fused-ring (bicyclic) bond motifs is 2. The van der Waals surface area contributed by atoms with Gasteiger partial charge in [0.25, 0.3) is 0 Å². The van der Waals surface area contributed by atoms with Gasteiger partial charge < -0.3 is 9.88 Å². The second-order valence-corrected chi connectivity index (χ2v) is 10.9. The van der Waals surface area contributed by atoms with Gasteiger partial charge in [0.1, 0.15) is 23.0 Å². The number of rotatable bonds is 6. The zero-order valence-electron chi connectivity index (χ0n) is 22.1. The lowest BCUT2D eigenvalue weighted by atomic mass is 9.92. The van der Waals surface area contributed by atoms with Crippen LogP contribution in [0.4, 0.5) is 8.78 Å². The summed E-state index contributed by atoms with van der Waals surface area (Å²) >= 11 is 0. The third-order valence-corrected chi connectivity index (χ3v) is 7.94. The molecular weight excluding hydrogens is 484 g/mol. The molecule has 38 heavy (non-hydrogen) atoms. The van der Waals surface area contributed by atoms with Crippen molar-refractivity contribution in [3.63, 3.8) is 0 Å². The number of likely N-dealkylation sites (tertiary alicyclic amines) is 1. The fraction of sp³-hybridized carbons (Fsp3) is 0.448. The summed E-state index contributed by atoms with van der Waals surface area (Å²) in [4.78, 5) is 20.4. The second-order valence-electron chi connectivity index (χ2n) is 10.9. The zero-order valence-corrected chi connectivity index (χ0v) is 22.1. The molecule has 0 aliphatic carbocycles. The molecule has 2 aliphatic rings. The van der Waals surface area contributed by atoms with E-state index in [2.05, 4.69) is 30.2 Å². The maximum Gasteiger partial charge on any atom is 0.151 e. The molecule has 1 aromatic carbocycles. The molecule has 5 heterocycles. The molecule has 0 radical (unpaired) electrons. The lowest BCUT2D eigenvalue weighted by molar-refractivity contribution is 0.117. The van der Waals surface area contributed by atoms with E-state index in [1.54, 1.807) is 12.1 Å². The monoisotopic (exact) mass is 517 g/mol. The van der Waals surface area contributed by atoms with E-state index in [0.717, 1.165) is 43.5 Å². The van der Waals surface area contributed by atoms with Crippen molar-refractivity contribution in [1.82, 2.24) is 34.7 Å². The van der Waals surface area contributed by atoms with Crippen LogP contribution in [0, 0.1) is 24.5 Å². The molecule has 9 heteroatoms. The Kier molecular flexibility index (Phi) is 6.65. The maximum absolute atomic E-state index is 15.0. The molecule has 7 nitrogen and oxygen atoms in total. The van der Waals surface area contributed by atoms with E-state index < -0.39 is 11.6 Å². The number of piperidine rings is 1. The van der Waals surface area contributed by atoms with E-state index in [-0.39, 0.29) is 6.04 Å². The van der Waals surface area contributed by atoms with Crippen molar-refractivity contribution in [2.75, 3.05) is 19.6 Å². The molecule has 3 aromatic heterocycles. The normalized spacial score (nSPS) is 19.9. The molecule has 0 amide bonds. The molecule has 4 aromatic rings. The van der Waals surface area contributed by atoms with Gasteiger partial charge in [0.15, 0.2) is 5.82 Å². The second kappa shape index (κ2) is 10.1. The van der Waals surface area contributed by atoms with Crippen molar-refractivity contribution in [3.8, 4) is 11.1 Å². The first-order valence-corrected chi connectivity index (χ1v) is 13.4. The molecule has 6 rings (SSSR count). The number of imidazole rings is 1. The Morgan fingerprint density at radius 3 is 2.63 bits per heavy atom. The van der Waals surface area contributed by atoms with Crippen molar-refractivity contribution >= 4 is 11.0 Å². The van der Waals surface area contributed by atoms with Crippen LogP contribution in [0.3, 0.4) is 0 Å². The molecule has 198 valence electrons. The molecule has 0 unspecified atom stereocenters. The minimum atomic E-state index is -0.502. The summed E-state index contributed by atoms with van der Waals surface area (Å²) in [5.74, 6) is 1.12. The number of aromatic nitrogens is 5. The third kappa shape index (κ3) is 4.69. The Hall–Kier alpha value is -3.30. The summed E-state index contributed by atoms with van der Waals surface area (Å²) in [6.45, 7) is 10.0. The average Bonchev–Trinajstić information content (AvgIpc) is 3.51. The van der Waals surface area contributed by atoms with Gasteiger partial charge in [-0.2, -0.15) is 0 Å². The Balaban J connectivity index is 1.22. The highest BCUT2D eigenvalue weighted by Gasteiger charge is 2.34. The predicted octanol–water partition coefficient (Wildman–Crippen LogP) is 4.83. The molecule has 2 fully saturated rings. The van der Waals surface area contributed by atoms with Crippen LogP contribution in [0.5, 0.6) is 0 Å². The fourth-order valence-electron chi connectivity index (χ4n) is 6.19. The topological polar surface area (TPSA) is 71.8 Å².